The second kappa shape index (κ2) is 9.24. The van der Waals surface area contributed by atoms with E-state index in [1.807, 2.05) is 7.05 Å². The second-order valence-corrected chi connectivity index (χ2v) is 6.43. The summed E-state index contributed by atoms with van der Waals surface area (Å²) in [5, 5.41) is 6.19. The number of rotatable bonds is 8. The number of benzene rings is 2. The molecule has 3 nitrogen and oxygen atoms in total. The van der Waals surface area contributed by atoms with Gasteiger partial charge in [0.2, 0.25) is 5.91 Å². The number of aryl methyl sites for hydroxylation is 1. The molecule has 0 heterocycles. The fourth-order valence-corrected chi connectivity index (χ4v) is 2.64. The molecule has 0 fully saturated rings. The summed E-state index contributed by atoms with van der Waals surface area (Å²) in [6.07, 6.45) is 2.53. The minimum absolute atomic E-state index is 0.126. The van der Waals surface area contributed by atoms with Crippen molar-refractivity contribution in [1.29, 1.82) is 0 Å². The molecular weight excluding hydrogens is 296 g/mol. The van der Waals surface area contributed by atoms with Gasteiger partial charge in [-0.05, 0) is 50.4 Å². The van der Waals surface area contributed by atoms with Crippen molar-refractivity contribution in [2.24, 2.45) is 0 Å². The van der Waals surface area contributed by atoms with Gasteiger partial charge >= 0.3 is 0 Å². The van der Waals surface area contributed by atoms with Crippen LogP contribution in [0.1, 0.15) is 37.3 Å². The van der Waals surface area contributed by atoms with Crippen molar-refractivity contribution in [3.05, 3.63) is 59.7 Å². The quantitative estimate of drug-likeness (QED) is 0.769. The molecule has 0 aliphatic heterocycles. The molecule has 2 rings (SSSR count). The van der Waals surface area contributed by atoms with Crippen LogP contribution in [0.3, 0.4) is 0 Å². The van der Waals surface area contributed by atoms with Crippen molar-refractivity contribution in [2.45, 2.75) is 45.7 Å². The van der Waals surface area contributed by atoms with Crippen LogP contribution in [-0.4, -0.2) is 19.0 Å². The molecule has 0 saturated heterocycles. The van der Waals surface area contributed by atoms with Crippen molar-refractivity contribution in [1.82, 2.24) is 10.6 Å². The minimum atomic E-state index is 0.126. The Hall–Kier alpha value is -2.13. The van der Waals surface area contributed by atoms with Crippen LogP contribution in [-0.2, 0) is 11.3 Å². The first-order valence-electron chi connectivity index (χ1n) is 8.68. The topological polar surface area (TPSA) is 41.1 Å². The average Bonchev–Trinajstić information content (AvgIpc) is 2.60. The zero-order chi connectivity index (χ0) is 17.4. The van der Waals surface area contributed by atoms with Crippen molar-refractivity contribution in [3.8, 4) is 11.1 Å². The van der Waals surface area contributed by atoms with E-state index in [1.165, 1.54) is 16.7 Å². The molecule has 3 heteroatoms. The second-order valence-electron chi connectivity index (χ2n) is 6.43. The van der Waals surface area contributed by atoms with Crippen molar-refractivity contribution in [2.75, 3.05) is 7.05 Å². The van der Waals surface area contributed by atoms with Crippen LogP contribution in [0.2, 0.25) is 0 Å². The SMILES string of the molecule is CNC(C)CCCC(=O)NCc1ccc(-c2cccc(C)c2)cc1. The summed E-state index contributed by atoms with van der Waals surface area (Å²) in [6.45, 7) is 4.83. The van der Waals surface area contributed by atoms with E-state index >= 15 is 0 Å². The number of nitrogens with one attached hydrogen (secondary N) is 2. The number of hydrogen-bond donors (Lipinski definition) is 2. The molecule has 2 aromatic rings. The van der Waals surface area contributed by atoms with Crippen LogP contribution in [0.15, 0.2) is 48.5 Å². The lowest BCUT2D eigenvalue weighted by Crippen LogP contribution is -2.24. The average molecular weight is 324 g/mol. The Labute approximate surface area is 145 Å². The van der Waals surface area contributed by atoms with Gasteiger partial charge < -0.3 is 10.6 Å². The largest absolute Gasteiger partial charge is 0.352 e. The Morgan fingerprint density at radius 1 is 1.08 bits per heavy atom. The molecule has 1 unspecified atom stereocenters. The molecule has 1 atom stereocenters. The Kier molecular flexibility index (Phi) is 7.01. The molecule has 1 amide bonds. The van der Waals surface area contributed by atoms with Crippen LogP contribution in [0.25, 0.3) is 11.1 Å². The van der Waals surface area contributed by atoms with E-state index in [0.717, 1.165) is 18.4 Å². The van der Waals surface area contributed by atoms with E-state index in [1.54, 1.807) is 0 Å². The number of carbonyl (C=O) groups excluding carboxylic acids is 1. The predicted molar refractivity (Wildman–Crippen MR) is 101 cm³/mol. The van der Waals surface area contributed by atoms with Gasteiger partial charge in [-0.2, -0.15) is 0 Å². The monoisotopic (exact) mass is 324 g/mol. The van der Waals surface area contributed by atoms with Crippen LogP contribution >= 0.6 is 0 Å². The van der Waals surface area contributed by atoms with E-state index in [9.17, 15) is 4.79 Å². The smallest absolute Gasteiger partial charge is 0.220 e. The highest BCUT2D eigenvalue weighted by atomic mass is 16.1. The minimum Gasteiger partial charge on any atom is -0.352 e. The van der Waals surface area contributed by atoms with Gasteiger partial charge in [0.25, 0.3) is 0 Å². The van der Waals surface area contributed by atoms with Gasteiger partial charge in [-0.1, -0.05) is 54.1 Å². The molecule has 0 aromatic heterocycles. The van der Waals surface area contributed by atoms with Gasteiger partial charge in [0.05, 0.1) is 0 Å². The molecule has 2 N–H and O–H groups in total. The maximum Gasteiger partial charge on any atom is 0.220 e. The summed E-state index contributed by atoms with van der Waals surface area (Å²) in [5.74, 6) is 0.126. The lowest BCUT2D eigenvalue weighted by atomic mass is 10.0. The fraction of sp³-hybridized carbons (Fsp3) is 0.381. The van der Waals surface area contributed by atoms with Crippen molar-refractivity contribution < 1.29 is 4.79 Å². The molecule has 0 saturated carbocycles. The van der Waals surface area contributed by atoms with Gasteiger partial charge in [-0.25, -0.2) is 0 Å². The molecule has 0 bridgehead atoms. The summed E-state index contributed by atoms with van der Waals surface area (Å²) in [5.41, 5.74) is 4.82. The third kappa shape index (κ3) is 5.82. The molecule has 0 radical (unpaired) electrons. The molecule has 0 spiro atoms. The number of amides is 1. The molecule has 2 aromatic carbocycles. The van der Waals surface area contributed by atoms with Crippen LogP contribution in [0.4, 0.5) is 0 Å². The Morgan fingerprint density at radius 2 is 1.83 bits per heavy atom. The predicted octanol–water partition coefficient (Wildman–Crippen LogP) is 4.06. The number of hydrogen-bond acceptors (Lipinski definition) is 2. The highest BCUT2D eigenvalue weighted by Gasteiger charge is 2.04. The lowest BCUT2D eigenvalue weighted by Gasteiger charge is -2.10. The third-order valence-electron chi connectivity index (χ3n) is 4.33. The maximum atomic E-state index is 11.9. The van der Waals surface area contributed by atoms with Crippen molar-refractivity contribution in [3.63, 3.8) is 0 Å². The van der Waals surface area contributed by atoms with Gasteiger partial charge in [-0.15, -0.1) is 0 Å². The zero-order valence-corrected chi connectivity index (χ0v) is 14.9. The Morgan fingerprint density at radius 3 is 2.50 bits per heavy atom. The van der Waals surface area contributed by atoms with Crippen LogP contribution < -0.4 is 10.6 Å². The van der Waals surface area contributed by atoms with E-state index in [-0.39, 0.29) is 5.91 Å². The van der Waals surface area contributed by atoms with E-state index < -0.39 is 0 Å². The van der Waals surface area contributed by atoms with Gasteiger partial charge in [0.1, 0.15) is 0 Å². The van der Waals surface area contributed by atoms with Gasteiger partial charge in [-0.3, -0.25) is 4.79 Å². The summed E-state index contributed by atoms with van der Waals surface area (Å²) >= 11 is 0. The Balaban J connectivity index is 1.80. The van der Waals surface area contributed by atoms with E-state index in [0.29, 0.717) is 19.0 Å². The first kappa shape index (κ1) is 18.2. The molecular formula is C21H28N2O. The van der Waals surface area contributed by atoms with E-state index in [2.05, 4.69) is 73.0 Å². The lowest BCUT2D eigenvalue weighted by molar-refractivity contribution is -0.121. The summed E-state index contributed by atoms with van der Waals surface area (Å²) in [6, 6.07) is 17.3. The number of carbonyl (C=O) groups is 1. The molecule has 0 aliphatic rings. The molecule has 0 aliphatic carbocycles. The standard InChI is InChI=1S/C21H28N2O/c1-16-6-4-8-20(14-16)19-12-10-18(11-13-19)15-23-21(24)9-5-7-17(2)22-3/h4,6,8,10-14,17,22H,5,7,9,15H2,1-3H3,(H,23,24). The zero-order valence-electron chi connectivity index (χ0n) is 14.9. The normalized spacial score (nSPS) is 12.0. The summed E-state index contributed by atoms with van der Waals surface area (Å²) in [7, 11) is 1.95. The molecule has 24 heavy (non-hydrogen) atoms. The maximum absolute atomic E-state index is 11.9. The fourth-order valence-electron chi connectivity index (χ4n) is 2.64. The van der Waals surface area contributed by atoms with Crippen molar-refractivity contribution >= 4 is 5.91 Å². The first-order chi connectivity index (χ1) is 11.6. The third-order valence-corrected chi connectivity index (χ3v) is 4.33. The van der Waals surface area contributed by atoms with Gasteiger partial charge in [0, 0.05) is 19.0 Å². The van der Waals surface area contributed by atoms with E-state index in [4.69, 9.17) is 0 Å². The molecule has 128 valence electrons. The summed E-state index contributed by atoms with van der Waals surface area (Å²) < 4.78 is 0. The highest BCUT2D eigenvalue weighted by molar-refractivity contribution is 5.75. The van der Waals surface area contributed by atoms with Gasteiger partial charge in [0.15, 0.2) is 0 Å². The summed E-state index contributed by atoms with van der Waals surface area (Å²) in [4.78, 5) is 11.9. The first-order valence-corrected chi connectivity index (χ1v) is 8.68. The van der Waals surface area contributed by atoms with Crippen LogP contribution in [0.5, 0.6) is 0 Å². The highest BCUT2D eigenvalue weighted by Crippen LogP contribution is 2.20. The van der Waals surface area contributed by atoms with Crippen LogP contribution in [0, 0.1) is 6.92 Å². The Bertz CT molecular complexity index is 649.